The minimum absolute atomic E-state index is 0.548. The molecule has 1 rings (SSSR count). The Bertz CT molecular complexity index is 322. The first-order chi connectivity index (χ1) is 6.03. The average Bonchev–Trinajstić information content (AvgIpc) is 2.09. The average molecular weight is 195 g/mol. The molecule has 0 aliphatic heterocycles. The normalized spacial score (nSPS) is 10.6. The van der Waals surface area contributed by atoms with Gasteiger partial charge < -0.3 is 5.32 Å². The molecule has 0 aliphatic carbocycles. The van der Waals surface area contributed by atoms with E-state index < -0.39 is 5.54 Å². The highest BCUT2D eigenvalue weighted by Crippen LogP contribution is 2.17. The molecular weight excluding hydrogens is 184 g/mol. The Kier molecular flexibility index (Phi) is 2.79. The van der Waals surface area contributed by atoms with Crippen LogP contribution in [0.1, 0.15) is 13.8 Å². The number of nitrogens with one attached hydrogen (secondary N) is 1. The van der Waals surface area contributed by atoms with Crippen molar-refractivity contribution in [3.05, 3.63) is 29.3 Å². The highest BCUT2D eigenvalue weighted by Gasteiger charge is 2.14. The predicted octanol–water partition coefficient (Wildman–Crippen LogP) is 3.05. The van der Waals surface area contributed by atoms with Gasteiger partial charge in [0.25, 0.3) is 0 Å². The van der Waals surface area contributed by atoms with E-state index in [0.717, 1.165) is 5.69 Å². The van der Waals surface area contributed by atoms with Gasteiger partial charge in [0.2, 0.25) is 0 Å². The van der Waals surface area contributed by atoms with Crippen molar-refractivity contribution in [3.63, 3.8) is 0 Å². The van der Waals surface area contributed by atoms with Crippen molar-refractivity contribution >= 4 is 17.3 Å². The number of halogens is 1. The van der Waals surface area contributed by atoms with Gasteiger partial charge in [-0.05, 0) is 38.1 Å². The molecule has 1 aromatic carbocycles. The summed E-state index contributed by atoms with van der Waals surface area (Å²) in [5.74, 6) is 0. The first-order valence-electron chi connectivity index (χ1n) is 3.98. The molecule has 0 radical (unpaired) electrons. The molecule has 1 aromatic rings. The van der Waals surface area contributed by atoms with Crippen molar-refractivity contribution in [3.8, 4) is 6.07 Å². The van der Waals surface area contributed by atoms with E-state index >= 15 is 0 Å². The van der Waals surface area contributed by atoms with Crippen LogP contribution in [0.15, 0.2) is 24.3 Å². The van der Waals surface area contributed by atoms with Crippen molar-refractivity contribution in [2.45, 2.75) is 19.4 Å². The van der Waals surface area contributed by atoms with E-state index in [1.54, 1.807) is 12.1 Å². The lowest BCUT2D eigenvalue weighted by Gasteiger charge is -2.18. The van der Waals surface area contributed by atoms with Gasteiger partial charge in [0.05, 0.1) is 6.07 Å². The monoisotopic (exact) mass is 194 g/mol. The minimum atomic E-state index is -0.548. The van der Waals surface area contributed by atoms with Crippen LogP contribution in [0.25, 0.3) is 0 Å². The molecule has 3 heteroatoms. The summed E-state index contributed by atoms with van der Waals surface area (Å²) < 4.78 is 0. The van der Waals surface area contributed by atoms with Crippen LogP contribution in [0.5, 0.6) is 0 Å². The summed E-state index contributed by atoms with van der Waals surface area (Å²) in [7, 11) is 0. The van der Waals surface area contributed by atoms with Gasteiger partial charge in [-0.3, -0.25) is 0 Å². The zero-order chi connectivity index (χ0) is 9.90. The molecule has 68 valence electrons. The van der Waals surface area contributed by atoms with Crippen LogP contribution in [0.2, 0.25) is 5.02 Å². The molecule has 0 atom stereocenters. The van der Waals surface area contributed by atoms with Crippen LogP contribution in [-0.2, 0) is 0 Å². The molecule has 0 heterocycles. The van der Waals surface area contributed by atoms with Gasteiger partial charge in [-0.15, -0.1) is 0 Å². The second kappa shape index (κ2) is 3.68. The molecule has 0 aromatic heterocycles. The summed E-state index contributed by atoms with van der Waals surface area (Å²) in [6.45, 7) is 3.64. The summed E-state index contributed by atoms with van der Waals surface area (Å²) in [5.41, 5.74) is 0.351. The molecule has 0 amide bonds. The summed E-state index contributed by atoms with van der Waals surface area (Å²) in [6.07, 6.45) is 0. The lowest BCUT2D eigenvalue weighted by Crippen LogP contribution is -2.28. The fourth-order valence-electron chi connectivity index (χ4n) is 0.922. The fourth-order valence-corrected chi connectivity index (χ4v) is 1.05. The van der Waals surface area contributed by atoms with E-state index in [1.165, 1.54) is 0 Å². The van der Waals surface area contributed by atoms with Crippen molar-refractivity contribution < 1.29 is 0 Å². The zero-order valence-corrected chi connectivity index (χ0v) is 8.39. The van der Waals surface area contributed by atoms with E-state index in [-0.39, 0.29) is 0 Å². The van der Waals surface area contributed by atoms with Gasteiger partial charge in [-0.2, -0.15) is 5.26 Å². The molecule has 13 heavy (non-hydrogen) atoms. The van der Waals surface area contributed by atoms with Crippen molar-refractivity contribution in [2.24, 2.45) is 0 Å². The smallest absolute Gasteiger partial charge is 0.119 e. The van der Waals surface area contributed by atoms with Gasteiger partial charge in [0.1, 0.15) is 5.54 Å². The Labute approximate surface area is 83.1 Å². The highest BCUT2D eigenvalue weighted by molar-refractivity contribution is 6.30. The Morgan fingerprint density at radius 3 is 2.31 bits per heavy atom. The van der Waals surface area contributed by atoms with E-state index in [9.17, 15) is 0 Å². The topological polar surface area (TPSA) is 35.8 Å². The SMILES string of the molecule is CC(C)(C#N)Nc1ccc(Cl)cc1. The number of anilines is 1. The van der Waals surface area contributed by atoms with E-state index in [1.807, 2.05) is 26.0 Å². The maximum Gasteiger partial charge on any atom is 0.119 e. The van der Waals surface area contributed by atoms with Crippen LogP contribution in [0.4, 0.5) is 5.69 Å². The van der Waals surface area contributed by atoms with E-state index in [2.05, 4.69) is 11.4 Å². The van der Waals surface area contributed by atoms with Crippen LogP contribution in [-0.4, -0.2) is 5.54 Å². The third kappa shape index (κ3) is 2.96. The number of rotatable bonds is 2. The lowest BCUT2D eigenvalue weighted by molar-refractivity contribution is 0.729. The number of hydrogen-bond acceptors (Lipinski definition) is 2. The standard InChI is InChI=1S/C10H11ClN2/c1-10(2,7-12)13-9-5-3-8(11)4-6-9/h3-6,13H,1-2H3. The van der Waals surface area contributed by atoms with Crippen LogP contribution < -0.4 is 5.32 Å². The molecule has 0 fully saturated rings. The quantitative estimate of drug-likeness (QED) is 0.786. The second-order valence-corrected chi connectivity index (χ2v) is 3.81. The lowest BCUT2D eigenvalue weighted by atomic mass is 10.1. The van der Waals surface area contributed by atoms with Crippen molar-refractivity contribution in [2.75, 3.05) is 5.32 Å². The molecule has 0 aliphatic rings. The molecule has 0 spiro atoms. The molecule has 0 bridgehead atoms. The fraction of sp³-hybridized carbons (Fsp3) is 0.300. The summed E-state index contributed by atoms with van der Waals surface area (Å²) in [5, 5.41) is 12.5. The zero-order valence-electron chi connectivity index (χ0n) is 7.63. The molecular formula is C10H11ClN2. The summed E-state index contributed by atoms with van der Waals surface area (Å²) in [4.78, 5) is 0. The van der Waals surface area contributed by atoms with E-state index in [4.69, 9.17) is 16.9 Å². The number of benzene rings is 1. The molecule has 0 unspecified atom stereocenters. The second-order valence-electron chi connectivity index (χ2n) is 3.37. The number of hydrogen-bond donors (Lipinski definition) is 1. The molecule has 2 nitrogen and oxygen atoms in total. The Morgan fingerprint density at radius 1 is 1.31 bits per heavy atom. The maximum absolute atomic E-state index is 8.77. The van der Waals surface area contributed by atoms with Gasteiger partial charge in [-0.1, -0.05) is 11.6 Å². The van der Waals surface area contributed by atoms with Gasteiger partial charge in [0.15, 0.2) is 0 Å². The van der Waals surface area contributed by atoms with Gasteiger partial charge >= 0.3 is 0 Å². The van der Waals surface area contributed by atoms with E-state index in [0.29, 0.717) is 5.02 Å². The molecule has 1 N–H and O–H groups in total. The summed E-state index contributed by atoms with van der Waals surface area (Å²) in [6, 6.07) is 9.44. The third-order valence-electron chi connectivity index (χ3n) is 1.58. The van der Waals surface area contributed by atoms with Gasteiger partial charge in [0, 0.05) is 10.7 Å². The largest absolute Gasteiger partial charge is 0.368 e. The maximum atomic E-state index is 8.77. The number of nitrogens with zero attached hydrogens (tertiary/aromatic N) is 1. The molecule has 0 saturated carbocycles. The van der Waals surface area contributed by atoms with Crippen LogP contribution in [0.3, 0.4) is 0 Å². The predicted molar refractivity (Wildman–Crippen MR) is 54.8 cm³/mol. The minimum Gasteiger partial charge on any atom is -0.368 e. The Morgan fingerprint density at radius 2 is 1.85 bits per heavy atom. The third-order valence-corrected chi connectivity index (χ3v) is 1.83. The first kappa shape index (κ1) is 9.88. The van der Waals surface area contributed by atoms with Crippen LogP contribution in [0, 0.1) is 11.3 Å². The van der Waals surface area contributed by atoms with Gasteiger partial charge in [-0.25, -0.2) is 0 Å². The Balaban J connectivity index is 2.77. The Hall–Kier alpha value is -1.20. The van der Waals surface area contributed by atoms with Crippen molar-refractivity contribution in [1.82, 2.24) is 0 Å². The van der Waals surface area contributed by atoms with Crippen molar-refractivity contribution in [1.29, 1.82) is 5.26 Å². The molecule has 0 saturated heterocycles. The number of nitriles is 1. The summed E-state index contributed by atoms with van der Waals surface area (Å²) >= 11 is 5.72. The first-order valence-corrected chi connectivity index (χ1v) is 4.36. The highest BCUT2D eigenvalue weighted by atomic mass is 35.5. The van der Waals surface area contributed by atoms with Crippen LogP contribution >= 0.6 is 11.6 Å².